The minimum absolute atomic E-state index is 0.200. The summed E-state index contributed by atoms with van der Waals surface area (Å²) in [4.78, 5) is 19.3. The number of phenolic OH excluding ortho intramolecular Hbond substituents is 1. The number of anilines is 4. The van der Waals surface area contributed by atoms with E-state index < -0.39 is 6.03 Å². The molecule has 9 heteroatoms. The maximum atomic E-state index is 12.8. The number of aromatic hydroxyl groups is 1. The number of rotatable bonds is 3. The summed E-state index contributed by atoms with van der Waals surface area (Å²) in [5, 5.41) is 17.6. The van der Waals surface area contributed by atoms with Crippen LogP contribution in [0.15, 0.2) is 59.1 Å². The Morgan fingerprint density at radius 3 is 2.79 bits per heavy atom. The monoisotopic (exact) mass is 542 g/mol. The van der Waals surface area contributed by atoms with Gasteiger partial charge in [-0.15, -0.1) is 0 Å². The second-order valence-corrected chi connectivity index (χ2v) is 10.8. The van der Waals surface area contributed by atoms with Gasteiger partial charge < -0.3 is 15.3 Å². The van der Waals surface area contributed by atoms with Gasteiger partial charge in [0.1, 0.15) is 5.75 Å². The first-order chi connectivity index (χ1) is 15.7. The number of halogens is 2. The number of thiazole rings is 1. The lowest BCUT2D eigenvalue weighted by Gasteiger charge is -2.25. The number of benzene rings is 3. The number of hydrogen-bond acceptors (Lipinski definition) is 5. The lowest BCUT2D eigenvalue weighted by atomic mass is 9.87. The first kappa shape index (κ1) is 22.0. The molecule has 1 aliphatic rings. The lowest BCUT2D eigenvalue weighted by molar-refractivity contribution is 0.262. The maximum absolute atomic E-state index is 12.8. The Balaban J connectivity index is 1.44. The van der Waals surface area contributed by atoms with Crippen LogP contribution in [0, 0.1) is 0 Å². The quantitative estimate of drug-likeness (QED) is 0.250. The van der Waals surface area contributed by atoms with Crippen molar-refractivity contribution in [2.75, 3.05) is 22.1 Å². The predicted octanol–water partition coefficient (Wildman–Crippen LogP) is 7.49. The Kier molecular flexibility index (Phi) is 5.47. The largest absolute Gasteiger partial charge is 0.506 e. The molecular formula is C24H20BrClN4O2S. The summed E-state index contributed by atoms with van der Waals surface area (Å²) < 4.78 is 1.84. The molecular weight excluding hydrogens is 524 g/mol. The standard InChI is InChI=1S/C24H20BrClN4O2S/c1-24(2)12-30(21-18(31)10-8-14(25)20(21)24)17-6-4-3-5-15(17)27-22(32)29-23-28-16-9-7-13(26)11-19(16)33-23/h3-11,31H,12H2,1-2H3,(H2,27,28,29,32). The molecule has 1 aliphatic heterocycles. The lowest BCUT2D eigenvalue weighted by Crippen LogP contribution is -2.26. The van der Waals surface area contributed by atoms with Crippen LogP contribution in [0.5, 0.6) is 5.75 Å². The van der Waals surface area contributed by atoms with Gasteiger partial charge in [-0.2, -0.15) is 0 Å². The van der Waals surface area contributed by atoms with E-state index in [-0.39, 0.29) is 11.2 Å². The summed E-state index contributed by atoms with van der Waals surface area (Å²) in [6.07, 6.45) is 0. The molecule has 0 unspecified atom stereocenters. The molecule has 0 spiro atoms. The number of hydrogen-bond donors (Lipinski definition) is 3. The zero-order valence-corrected chi connectivity index (χ0v) is 21.0. The van der Waals surface area contributed by atoms with Gasteiger partial charge in [0.25, 0.3) is 0 Å². The molecule has 0 saturated carbocycles. The number of aromatic nitrogens is 1. The normalized spacial score (nSPS) is 14.4. The maximum Gasteiger partial charge on any atom is 0.325 e. The first-order valence-electron chi connectivity index (χ1n) is 10.3. The van der Waals surface area contributed by atoms with Crippen LogP contribution in [0.1, 0.15) is 19.4 Å². The molecule has 4 aromatic rings. The summed E-state index contributed by atoms with van der Waals surface area (Å²) in [5.41, 5.74) is 3.77. The van der Waals surface area contributed by atoms with E-state index in [4.69, 9.17) is 11.6 Å². The van der Waals surface area contributed by atoms with Crippen molar-refractivity contribution in [1.82, 2.24) is 4.98 Å². The third-order valence-electron chi connectivity index (χ3n) is 5.62. The number of nitrogens with one attached hydrogen (secondary N) is 2. The number of nitrogens with zero attached hydrogens (tertiary/aromatic N) is 2. The zero-order chi connectivity index (χ0) is 23.3. The summed E-state index contributed by atoms with van der Waals surface area (Å²) in [5.74, 6) is 0.200. The van der Waals surface area contributed by atoms with Crippen molar-refractivity contribution in [2.24, 2.45) is 0 Å². The van der Waals surface area contributed by atoms with Crippen molar-refractivity contribution < 1.29 is 9.90 Å². The molecule has 0 radical (unpaired) electrons. The Bertz CT molecular complexity index is 1400. The van der Waals surface area contributed by atoms with Crippen LogP contribution in [0.4, 0.5) is 27.0 Å². The van der Waals surface area contributed by atoms with E-state index in [2.05, 4.69) is 45.4 Å². The fourth-order valence-electron chi connectivity index (χ4n) is 4.25. The molecule has 0 atom stereocenters. The predicted molar refractivity (Wildman–Crippen MR) is 140 cm³/mol. The highest BCUT2D eigenvalue weighted by atomic mass is 79.9. The summed E-state index contributed by atoms with van der Waals surface area (Å²) in [6.45, 7) is 4.92. The average molecular weight is 544 g/mol. The van der Waals surface area contributed by atoms with Gasteiger partial charge in [0.05, 0.1) is 27.3 Å². The van der Waals surface area contributed by atoms with E-state index in [1.165, 1.54) is 11.3 Å². The van der Waals surface area contributed by atoms with Crippen molar-refractivity contribution in [3.63, 3.8) is 0 Å². The highest BCUT2D eigenvalue weighted by molar-refractivity contribution is 9.10. The second-order valence-electron chi connectivity index (χ2n) is 8.49. The van der Waals surface area contributed by atoms with Crippen LogP contribution in [0.2, 0.25) is 5.02 Å². The Labute approximate surface area is 208 Å². The highest BCUT2D eigenvalue weighted by Crippen LogP contribution is 2.52. The van der Waals surface area contributed by atoms with Crippen molar-refractivity contribution >= 4 is 77.3 Å². The molecule has 0 saturated heterocycles. The van der Waals surface area contributed by atoms with E-state index in [0.717, 1.165) is 31.6 Å². The van der Waals surface area contributed by atoms with Crippen LogP contribution in [-0.4, -0.2) is 22.7 Å². The molecule has 5 rings (SSSR count). The molecule has 2 heterocycles. The number of fused-ring (bicyclic) bond motifs is 2. The Morgan fingerprint density at radius 1 is 1.18 bits per heavy atom. The van der Waals surface area contributed by atoms with E-state index >= 15 is 0 Å². The van der Waals surface area contributed by atoms with Crippen LogP contribution in [0.3, 0.4) is 0 Å². The molecule has 0 aliphatic carbocycles. The smallest absolute Gasteiger partial charge is 0.325 e. The van der Waals surface area contributed by atoms with Gasteiger partial charge in [0.2, 0.25) is 0 Å². The minimum atomic E-state index is -0.398. The van der Waals surface area contributed by atoms with Crippen molar-refractivity contribution in [2.45, 2.75) is 19.3 Å². The van der Waals surface area contributed by atoms with Gasteiger partial charge in [-0.1, -0.05) is 64.8 Å². The number of carbonyl (C=O) groups is 1. The molecule has 6 nitrogen and oxygen atoms in total. The Hall–Kier alpha value is -2.81. The molecule has 33 heavy (non-hydrogen) atoms. The average Bonchev–Trinajstić information content (AvgIpc) is 3.28. The SMILES string of the molecule is CC1(C)CN(c2ccccc2NC(=O)Nc2nc3ccc(Cl)cc3s2)c2c(O)ccc(Br)c21. The van der Waals surface area contributed by atoms with Crippen molar-refractivity contribution in [3.05, 3.63) is 69.7 Å². The molecule has 3 N–H and O–H groups in total. The van der Waals surface area contributed by atoms with Crippen LogP contribution < -0.4 is 15.5 Å². The topological polar surface area (TPSA) is 77.5 Å². The summed E-state index contributed by atoms with van der Waals surface area (Å²) in [7, 11) is 0. The molecule has 0 fully saturated rings. The fourth-order valence-corrected chi connectivity index (χ4v) is 6.24. The van der Waals surface area contributed by atoms with Gasteiger partial charge in [0.15, 0.2) is 5.13 Å². The minimum Gasteiger partial charge on any atom is -0.506 e. The van der Waals surface area contributed by atoms with Gasteiger partial charge in [-0.3, -0.25) is 5.32 Å². The number of phenols is 1. The molecule has 2 amide bonds. The molecule has 1 aromatic heterocycles. The second kappa shape index (κ2) is 8.20. The van der Waals surface area contributed by atoms with Gasteiger partial charge in [-0.05, 0) is 42.5 Å². The van der Waals surface area contributed by atoms with Crippen LogP contribution >= 0.6 is 38.9 Å². The Morgan fingerprint density at radius 2 is 1.97 bits per heavy atom. The molecule has 3 aromatic carbocycles. The van der Waals surface area contributed by atoms with E-state index in [1.807, 2.05) is 47.4 Å². The van der Waals surface area contributed by atoms with E-state index in [9.17, 15) is 9.90 Å². The van der Waals surface area contributed by atoms with Gasteiger partial charge in [0, 0.05) is 27.0 Å². The van der Waals surface area contributed by atoms with Crippen molar-refractivity contribution in [3.8, 4) is 5.75 Å². The van der Waals surface area contributed by atoms with E-state index in [1.54, 1.807) is 12.1 Å². The van der Waals surface area contributed by atoms with Crippen molar-refractivity contribution in [1.29, 1.82) is 0 Å². The highest BCUT2D eigenvalue weighted by Gasteiger charge is 2.40. The third kappa shape index (κ3) is 4.03. The van der Waals surface area contributed by atoms with Crippen LogP contribution in [-0.2, 0) is 5.41 Å². The fraction of sp³-hybridized carbons (Fsp3) is 0.167. The number of urea groups is 1. The zero-order valence-electron chi connectivity index (χ0n) is 17.8. The summed E-state index contributed by atoms with van der Waals surface area (Å²) in [6, 6.07) is 16.1. The number of carbonyl (C=O) groups excluding carboxylic acids is 1. The number of amides is 2. The molecule has 0 bridgehead atoms. The van der Waals surface area contributed by atoms with Crippen LogP contribution in [0.25, 0.3) is 10.2 Å². The van der Waals surface area contributed by atoms with Gasteiger partial charge in [-0.25, -0.2) is 9.78 Å². The summed E-state index contributed by atoms with van der Waals surface area (Å²) >= 11 is 11.0. The third-order valence-corrected chi connectivity index (χ3v) is 7.45. The molecule has 168 valence electrons. The first-order valence-corrected chi connectivity index (χ1v) is 12.2. The van der Waals surface area contributed by atoms with Gasteiger partial charge >= 0.3 is 6.03 Å². The van der Waals surface area contributed by atoms with E-state index in [0.29, 0.717) is 22.4 Å². The number of para-hydroxylation sites is 2.